The van der Waals surface area contributed by atoms with Crippen molar-refractivity contribution < 1.29 is 19.1 Å². The van der Waals surface area contributed by atoms with E-state index in [0.717, 1.165) is 24.2 Å². The third-order valence-electron chi connectivity index (χ3n) is 7.40. The average Bonchev–Trinajstić information content (AvgIpc) is 3.43. The van der Waals surface area contributed by atoms with Crippen molar-refractivity contribution >= 4 is 23.2 Å². The van der Waals surface area contributed by atoms with Gasteiger partial charge in [-0.2, -0.15) is 0 Å². The Morgan fingerprint density at radius 1 is 1.03 bits per heavy atom. The van der Waals surface area contributed by atoms with Gasteiger partial charge in [-0.25, -0.2) is 0 Å². The molecule has 3 aromatic rings. The first-order valence-corrected chi connectivity index (χ1v) is 14.2. The van der Waals surface area contributed by atoms with Crippen LogP contribution in [-0.2, 0) is 11.2 Å². The zero-order valence-electron chi connectivity index (χ0n) is 23.0. The Kier molecular flexibility index (Phi) is 9.10. The fraction of sp³-hybridized carbons (Fsp3) is 0.419. The van der Waals surface area contributed by atoms with Crippen LogP contribution < -0.4 is 9.47 Å². The summed E-state index contributed by atoms with van der Waals surface area (Å²) in [6, 6.07) is 17.0. The Balaban J connectivity index is 1.52. The monoisotopic (exact) mass is 534 g/mol. The molecule has 4 rings (SSSR count). The molecule has 0 bridgehead atoms. The summed E-state index contributed by atoms with van der Waals surface area (Å²) in [4.78, 5) is 32.2. The number of thiophene rings is 1. The zero-order chi connectivity index (χ0) is 27.2. The number of nitrogens with zero attached hydrogens (tertiary/aromatic N) is 2. The maximum absolute atomic E-state index is 13.8. The van der Waals surface area contributed by atoms with Gasteiger partial charge in [0.15, 0.2) is 0 Å². The van der Waals surface area contributed by atoms with E-state index in [0.29, 0.717) is 30.4 Å². The fourth-order valence-electron chi connectivity index (χ4n) is 4.78. The van der Waals surface area contributed by atoms with Crippen LogP contribution in [0.4, 0.5) is 0 Å². The Morgan fingerprint density at radius 3 is 2.34 bits per heavy atom. The molecular formula is C31H38N2O4S. The molecule has 2 atom stereocenters. The number of fused-ring (bicyclic) bond motifs is 1. The van der Waals surface area contributed by atoms with E-state index in [1.54, 1.807) is 47.6 Å². The number of amides is 2. The van der Waals surface area contributed by atoms with Crippen molar-refractivity contribution in [2.75, 3.05) is 26.8 Å². The van der Waals surface area contributed by atoms with Crippen LogP contribution in [0.2, 0.25) is 0 Å². The fourth-order valence-corrected chi connectivity index (χ4v) is 5.71. The van der Waals surface area contributed by atoms with E-state index < -0.39 is 0 Å². The van der Waals surface area contributed by atoms with Crippen LogP contribution in [0.5, 0.6) is 11.5 Å². The first kappa shape index (κ1) is 27.7. The Morgan fingerprint density at radius 2 is 1.71 bits per heavy atom. The number of hydrogen-bond donors (Lipinski definition) is 0. The first-order valence-electron chi connectivity index (χ1n) is 13.4. The van der Waals surface area contributed by atoms with Crippen molar-refractivity contribution in [2.24, 2.45) is 0 Å². The van der Waals surface area contributed by atoms with Gasteiger partial charge in [-0.05, 0) is 84.7 Å². The minimum atomic E-state index is -0.197. The van der Waals surface area contributed by atoms with Gasteiger partial charge < -0.3 is 19.3 Å². The predicted molar refractivity (Wildman–Crippen MR) is 152 cm³/mol. The molecule has 0 spiro atoms. The van der Waals surface area contributed by atoms with Crippen molar-refractivity contribution in [3.05, 3.63) is 81.5 Å². The molecule has 0 aliphatic carbocycles. The largest absolute Gasteiger partial charge is 0.497 e. The summed E-state index contributed by atoms with van der Waals surface area (Å²) in [5, 5.41) is 2.09. The van der Waals surface area contributed by atoms with E-state index in [1.165, 1.54) is 10.4 Å². The summed E-state index contributed by atoms with van der Waals surface area (Å²) in [5.74, 6) is 1.72. The molecule has 2 aromatic carbocycles. The Labute approximate surface area is 230 Å². The Bertz CT molecular complexity index is 1220. The molecule has 2 heterocycles. The maximum atomic E-state index is 13.8. The predicted octanol–water partition coefficient (Wildman–Crippen LogP) is 6.33. The minimum absolute atomic E-state index is 0.0267. The van der Waals surface area contributed by atoms with Gasteiger partial charge in [-0.15, -0.1) is 11.3 Å². The molecule has 1 aliphatic heterocycles. The quantitative estimate of drug-likeness (QED) is 0.305. The van der Waals surface area contributed by atoms with Gasteiger partial charge >= 0.3 is 0 Å². The molecular weight excluding hydrogens is 496 g/mol. The van der Waals surface area contributed by atoms with Crippen molar-refractivity contribution in [2.45, 2.75) is 58.5 Å². The molecule has 0 N–H and O–H groups in total. The number of hydrogen-bond acceptors (Lipinski definition) is 5. The molecule has 202 valence electrons. The van der Waals surface area contributed by atoms with E-state index in [2.05, 4.69) is 37.4 Å². The summed E-state index contributed by atoms with van der Waals surface area (Å²) in [6.45, 7) is 9.36. The molecule has 7 heteroatoms. The number of methoxy groups -OCH3 is 1. The van der Waals surface area contributed by atoms with Crippen LogP contribution >= 0.6 is 11.3 Å². The topological polar surface area (TPSA) is 59.1 Å². The first-order chi connectivity index (χ1) is 18.3. The van der Waals surface area contributed by atoms with E-state index in [1.807, 2.05) is 30.9 Å². The van der Waals surface area contributed by atoms with Crippen molar-refractivity contribution in [3.8, 4) is 11.5 Å². The van der Waals surface area contributed by atoms with Gasteiger partial charge in [-0.1, -0.05) is 32.9 Å². The van der Waals surface area contributed by atoms with Crippen LogP contribution in [0.1, 0.15) is 72.4 Å². The third kappa shape index (κ3) is 6.21. The lowest BCUT2D eigenvalue weighted by atomic mass is 10.00. The van der Waals surface area contributed by atoms with Crippen LogP contribution in [0.3, 0.4) is 0 Å². The second-order valence-corrected chi connectivity index (χ2v) is 11.1. The summed E-state index contributed by atoms with van der Waals surface area (Å²) < 4.78 is 11.4. The molecule has 1 aromatic heterocycles. The summed E-state index contributed by atoms with van der Waals surface area (Å²) in [5.41, 5.74) is 2.95. The van der Waals surface area contributed by atoms with Crippen LogP contribution in [-0.4, -0.2) is 54.5 Å². The molecule has 38 heavy (non-hydrogen) atoms. The van der Waals surface area contributed by atoms with Gasteiger partial charge in [0.2, 0.25) is 5.91 Å². The zero-order valence-corrected chi connectivity index (χ0v) is 23.8. The third-order valence-corrected chi connectivity index (χ3v) is 8.39. The van der Waals surface area contributed by atoms with E-state index >= 15 is 0 Å². The lowest BCUT2D eigenvalue weighted by Crippen LogP contribution is -2.49. The highest BCUT2D eigenvalue weighted by Gasteiger charge is 2.34. The molecule has 0 fully saturated rings. The summed E-state index contributed by atoms with van der Waals surface area (Å²) >= 11 is 1.73. The summed E-state index contributed by atoms with van der Waals surface area (Å²) in [7, 11) is 1.60. The number of benzene rings is 2. The lowest BCUT2D eigenvalue weighted by molar-refractivity contribution is -0.136. The molecule has 6 nitrogen and oxygen atoms in total. The molecule has 0 unspecified atom stereocenters. The number of carbonyl (C=O) groups is 2. The molecule has 0 radical (unpaired) electrons. The number of carbonyl (C=O) groups excluding carboxylic acids is 2. The molecule has 0 saturated carbocycles. The highest BCUT2D eigenvalue weighted by atomic mass is 32.1. The van der Waals surface area contributed by atoms with Gasteiger partial charge in [-0.3, -0.25) is 9.59 Å². The van der Waals surface area contributed by atoms with E-state index in [-0.39, 0.29) is 30.4 Å². The van der Waals surface area contributed by atoms with Crippen molar-refractivity contribution in [3.63, 3.8) is 0 Å². The van der Waals surface area contributed by atoms with Gasteiger partial charge in [0.25, 0.3) is 5.91 Å². The normalized spacial score (nSPS) is 15.6. The van der Waals surface area contributed by atoms with Crippen LogP contribution in [0.15, 0.2) is 60.0 Å². The van der Waals surface area contributed by atoms with E-state index in [9.17, 15) is 9.59 Å². The highest BCUT2D eigenvalue weighted by Crippen LogP contribution is 2.34. The number of rotatable bonds is 10. The smallest absolute Gasteiger partial charge is 0.254 e. The molecule has 0 saturated heterocycles. The van der Waals surface area contributed by atoms with Gasteiger partial charge in [0.05, 0.1) is 13.2 Å². The lowest BCUT2D eigenvalue weighted by Gasteiger charge is -2.38. The SMILES string of the molecule is CC[C@H](C)N(CC(=O)N1CCc2sccc2[C@@H]1COc1ccc(C(C)C)cc1)C(=O)c1ccc(OC)cc1. The van der Waals surface area contributed by atoms with Crippen molar-refractivity contribution in [1.82, 2.24) is 9.80 Å². The van der Waals surface area contributed by atoms with E-state index in [4.69, 9.17) is 9.47 Å². The standard InChI is InChI=1S/C31H38N2O4S/c1-6-22(4)33(31(35)24-9-11-25(36-5)12-10-24)19-30(34)32-17-15-29-27(16-18-38-29)28(32)20-37-26-13-7-23(8-14-26)21(2)3/h7-14,16,18,21-22,28H,6,15,17,19-20H2,1-5H3/t22-,28-/m0/s1. The highest BCUT2D eigenvalue weighted by molar-refractivity contribution is 7.10. The second kappa shape index (κ2) is 12.5. The van der Waals surface area contributed by atoms with Crippen molar-refractivity contribution in [1.29, 1.82) is 0 Å². The summed E-state index contributed by atoms with van der Waals surface area (Å²) in [6.07, 6.45) is 1.57. The number of ether oxygens (including phenoxy) is 2. The van der Waals surface area contributed by atoms with Crippen LogP contribution in [0, 0.1) is 0 Å². The minimum Gasteiger partial charge on any atom is -0.497 e. The molecule has 2 amide bonds. The van der Waals surface area contributed by atoms with Gasteiger partial charge in [0, 0.05) is 23.0 Å². The van der Waals surface area contributed by atoms with Crippen LogP contribution in [0.25, 0.3) is 0 Å². The Hall–Kier alpha value is -3.32. The maximum Gasteiger partial charge on any atom is 0.254 e. The molecule has 1 aliphatic rings. The second-order valence-electron chi connectivity index (χ2n) is 10.1. The van der Waals surface area contributed by atoms with Gasteiger partial charge in [0.1, 0.15) is 24.7 Å². The average molecular weight is 535 g/mol.